The number of hydrogen-bond donors (Lipinski definition) is 2. The summed E-state index contributed by atoms with van der Waals surface area (Å²) in [6.45, 7) is 3.45. The molecule has 0 fully saturated rings. The van der Waals surface area contributed by atoms with Crippen LogP contribution < -0.4 is 10.1 Å². The van der Waals surface area contributed by atoms with Gasteiger partial charge < -0.3 is 15.2 Å². The minimum absolute atomic E-state index is 0.111. The predicted molar refractivity (Wildman–Crippen MR) is 78.6 cm³/mol. The Morgan fingerprint density at radius 3 is 2.79 bits per heavy atom. The van der Waals surface area contributed by atoms with E-state index in [1.165, 1.54) is 0 Å². The fraction of sp³-hybridized carbons (Fsp3) is 0.462. The van der Waals surface area contributed by atoms with E-state index >= 15 is 0 Å². The number of amides is 1. The number of aliphatic hydroxyl groups excluding tert-OH is 1. The number of hydrogen-bond acceptors (Lipinski definition) is 3. The number of carbonyl (C=O) groups excluding carboxylic acids is 1. The van der Waals surface area contributed by atoms with Crippen LogP contribution in [0.25, 0.3) is 0 Å². The van der Waals surface area contributed by atoms with Crippen molar-refractivity contribution >= 4 is 33.4 Å². The fourth-order valence-electron chi connectivity index (χ4n) is 1.35. The standard InChI is InChI=1S/C13H17BrClNO3/c1-3-13(2,8-17)16-12(18)7-19-11-5-4-9(15)6-10(11)14/h4-6,17H,3,7-8H2,1-2H3,(H,16,18). The van der Waals surface area contributed by atoms with Crippen molar-refractivity contribution in [2.45, 2.75) is 25.8 Å². The molecule has 0 heterocycles. The molecule has 1 aromatic carbocycles. The average Bonchev–Trinajstić information content (AvgIpc) is 2.37. The Balaban J connectivity index is 2.55. The van der Waals surface area contributed by atoms with Gasteiger partial charge in [0.1, 0.15) is 5.75 Å². The molecule has 106 valence electrons. The first-order chi connectivity index (χ1) is 8.90. The molecule has 0 saturated heterocycles. The van der Waals surface area contributed by atoms with Gasteiger partial charge in [0.05, 0.1) is 16.6 Å². The molecule has 1 aromatic rings. The van der Waals surface area contributed by atoms with Crippen molar-refractivity contribution in [1.29, 1.82) is 0 Å². The van der Waals surface area contributed by atoms with Gasteiger partial charge in [-0.15, -0.1) is 0 Å². The van der Waals surface area contributed by atoms with Gasteiger partial charge in [-0.3, -0.25) is 4.79 Å². The number of ether oxygens (including phenoxy) is 1. The van der Waals surface area contributed by atoms with Gasteiger partial charge in [-0.1, -0.05) is 18.5 Å². The molecule has 1 amide bonds. The molecule has 0 bridgehead atoms. The van der Waals surface area contributed by atoms with Crippen molar-refractivity contribution in [3.63, 3.8) is 0 Å². The predicted octanol–water partition coefficient (Wildman–Crippen LogP) is 2.76. The van der Waals surface area contributed by atoms with Crippen molar-refractivity contribution in [3.05, 3.63) is 27.7 Å². The molecule has 1 unspecified atom stereocenters. The molecule has 1 atom stereocenters. The van der Waals surface area contributed by atoms with Crippen LogP contribution in [0.5, 0.6) is 5.75 Å². The normalized spacial score (nSPS) is 13.7. The van der Waals surface area contributed by atoms with Crippen LogP contribution in [0.2, 0.25) is 5.02 Å². The highest BCUT2D eigenvalue weighted by molar-refractivity contribution is 9.10. The van der Waals surface area contributed by atoms with Crippen LogP contribution in [0.1, 0.15) is 20.3 Å². The molecule has 1 rings (SSSR count). The molecule has 4 nitrogen and oxygen atoms in total. The van der Waals surface area contributed by atoms with Gasteiger partial charge in [-0.2, -0.15) is 0 Å². The van der Waals surface area contributed by atoms with Crippen molar-refractivity contribution in [2.75, 3.05) is 13.2 Å². The van der Waals surface area contributed by atoms with Gasteiger partial charge in [0, 0.05) is 5.02 Å². The van der Waals surface area contributed by atoms with Crippen LogP contribution in [0, 0.1) is 0 Å². The molecule has 0 aliphatic carbocycles. The zero-order valence-corrected chi connectivity index (χ0v) is 13.2. The summed E-state index contributed by atoms with van der Waals surface area (Å²) in [6, 6.07) is 5.06. The first-order valence-electron chi connectivity index (χ1n) is 5.90. The van der Waals surface area contributed by atoms with Crippen molar-refractivity contribution < 1.29 is 14.6 Å². The topological polar surface area (TPSA) is 58.6 Å². The maximum absolute atomic E-state index is 11.7. The lowest BCUT2D eigenvalue weighted by Crippen LogP contribution is -2.49. The Morgan fingerprint density at radius 2 is 2.26 bits per heavy atom. The van der Waals surface area contributed by atoms with E-state index < -0.39 is 5.54 Å². The van der Waals surface area contributed by atoms with Crippen LogP contribution in [0.15, 0.2) is 22.7 Å². The molecule has 0 radical (unpaired) electrons. The molecule has 0 aromatic heterocycles. The second-order valence-corrected chi connectivity index (χ2v) is 5.77. The van der Waals surface area contributed by atoms with Gasteiger partial charge in [-0.05, 0) is 47.5 Å². The monoisotopic (exact) mass is 349 g/mol. The third kappa shape index (κ3) is 5.01. The summed E-state index contributed by atoms with van der Waals surface area (Å²) in [6.07, 6.45) is 0.639. The molecule has 6 heteroatoms. The second-order valence-electron chi connectivity index (χ2n) is 4.48. The first kappa shape index (κ1) is 16.3. The smallest absolute Gasteiger partial charge is 0.258 e. The van der Waals surface area contributed by atoms with Crippen LogP contribution in [0.4, 0.5) is 0 Å². The van der Waals surface area contributed by atoms with Crippen LogP contribution >= 0.6 is 27.5 Å². The van der Waals surface area contributed by atoms with Crippen LogP contribution in [-0.2, 0) is 4.79 Å². The molecule has 0 aliphatic heterocycles. The van der Waals surface area contributed by atoms with E-state index in [0.717, 1.165) is 0 Å². The molecule has 0 spiro atoms. The Kier molecular flexibility index (Phi) is 6.10. The molecule has 2 N–H and O–H groups in total. The summed E-state index contributed by atoms with van der Waals surface area (Å²) in [4.78, 5) is 11.7. The highest BCUT2D eigenvalue weighted by atomic mass is 79.9. The zero-order valence-electron chi connectivity index (χ0n) is 10.9. The maximum atomic E-state index is 11.7. The number of rotatable bonds is 6. The Morgan fingerprint density at radius 1 is 1.58 bits per heavy atom. The number of aliphatic hydroxyl groups is 1. The van der Waals surface area contributed by atoms with Gasteiger partial charge in [0.15, 0.2) is 6.61 Å². The van der Waals surface area contributed by atoms with E-state index in [4.69, 9.17) is 16.3 Å². The summed E-state index contributed by atoms with van der Waals surface area (Å²) >= 11 is 9.12. The minimum Gasteiger partial charge on any atom is -0.483 e. The van der Waals surface area contributed by atoms with Crippen LogP contribution in [0.3, 0.4) is 0 Å². The second kappa shape index (κ2) is 7.12. The molecular formula is C13H17BrClNO3. The van der Waals surface area contributed by atoms with Crippen LogP contribution in [-0.4, -0.2) is 29.8 Å². The molecule has 0 aliphatic rings. The third-order valence-corrected chi connectivity index (χ3v) is 3.68. The van der Waals surface area contributed by atoms with Crippen molar-refractivity contribution in [1.82, 2.24) is 5.32 Å². The number of benzene rings is 1. The van der Waals surface area contributed by atoms with E-state index in [2.05, 4.69) is 21.2 Å². The van der Waals surface area contributed by atoms with E-state index in [1.54, 1.807) is 25.1 Å². The van der Waals surface area contributed by atoms with E-state index in [1.807, 2.05) is 6.92 Å². The lowest BCUT2D eigenvalue weighted by Gasteiger charge is -2.27. The Bertz CT molecular complexity index is 450. The quantitative estimate of drug-likeness (QED) is 0.829. The summed E-state index contributed by atoms with van der Waals surface area (Å²) in [5.74, 6) is 0.266. The van der Waals surface area contributed by atoms with Gasteiger partial charge in [0.25, 0.3) is 5.91 Å². The summed E-state index contributed by atoms with van der Waals surface area (Å²) in [5, 5.41) is 12.5. The van der Waals surface area contributed by atoms with E-state index in [-0.39, 0.29) is 19.1 Å². The summed E-state index contributed by atoms with van der Waals surface area (Å²) < 4.78 is 6.08. The highest BCUT2D eigenvalue weighted by Crippen LogP contribution is 2.27. The number of nitrogens with one attached hydrogen (secondary N) is 1. The Labute approximate surface area is 126 Å². The largest absolute Gasteiger partial charge is 0.483 e. The maximum Gasteiger partial charge on any atom is 0.258 e. The summed E-state index contributed by atoms with van der Waals surface area (Å²) in [5.41, 5.74) is -0.613. The molecule has 19 heavy (non-hydrogen) atoms. The van der Waals surface area contributed by atoms with Gasteiger partial charge >= 0.3 is 0 Å². The fourth-order valence-corrected chi connectivity index (χ4v) is 2.15. The summed E-state index contributed by atoms with van der Waals surface area (Å²) in [7, 11) is 0. The highest BCUT2D eigenvalue weighted by Gasteiger charge is 2.23. The lowest BCUT2D eigenvalue weighted by atomic mass is 10.0. The first-order valence-corrected chi connectivity index (χ1v) is 7.07. The number of halogens is 2. The number of carbonyl (C=O) groups is 1. The minimum atomic E-state index is -0.613. The average molecular weight is 351 g/mol. The zero-order chi connectivity index (χ0) is 14.5. The van der Waals surface area contributed by atoms with Crippen molar-refractivity contribution in [3.8, 4) is 5.75 Å². The lowest BCUT2D eigenvalue weighted by molar-refractivity contribution is -0.125. The van der Waals surface area contributed by atoms with E-state index in [9.17, 15) is 9.90 Å². The van der Waals surface area contributed by atoms with Crippen molar-refractivity contribution in [2.24, 2.45) is 0 Å². The third-order valence-electron chi connectivity index (χ3n) is 2.82. The Hall–Kier alpha value is -0.780. The van der Waals surface area contributed by atoms with E-state index in [0.29, 0.717) is 21.7 Å². The molecular weight excluding hydrogens is 334 g/mol. The van der Waals surface area contributed by atoms with Gasteiger partial charge in [0.2, 0.25) is 0 Å². The van der Waals surface area contributed by atoms with Gasteiger partial charge in [-0.25, -0.2) is 0 Å². The molecule has 0 saturated carbocycles. The SMILES string of the molecule is CCC(C)(CO)NC(=O)COc1ccc(Cl)cc1Br.